The van der Waals surface area contributed by atoms with Gasteiger partial charge < -0.3 is 5.32 Å². The SMILES string of the molecule is Cc1nc(CNc2nc(-c3ccccc3)cs2)c(C)s1. The molecule has 0 aliphatic heterocycles. The van der Waals surface area contributed by atoms with Crippen LogP contribution in [0, 0.1) is 13.8 Å². The molecular formula is C15H15N3S2. The van der Waals surface area contributed by atoms with Crippen LogP contribution < -0.4 is 5.32 Å². The van der Waals surface area contributed by atoms with Gasteiger partial charge in [0.15, 0.2) is 5.13 Å². The molecule has 2 heterocycles. The van der Waals surface area contributed by atoms with E-state index in [2.05, 4.69) is 39.7 Å². The summed E-state index contributed by atoms with van der Waals surface area (Å²) in [7, 11) is 0. The molecule has 0 atom stereocenters. The molecule has 3 nitrogen and oxygen atoms in total. The molecule has 1 aromatic carbocycles. The first kappa shape index (κ1) is 13.3. The van der Waals surface area contributed by atoms with E-state index < -0.39 is 0 Å². The van der Waals surface area contributed by atoms with E-state index >= 15 is 0 Å². The van der Waals surface area contributed by atoms with Crippen molar-refractivity contribution in [2.75, 3.05) is 5.32 Å². The van der Waals surface area contributed by atoms with E-state index in [0.717, 1.165) is 33.6 Å². The average Bonchev–Trinajstić information content (AvgIpc) is 3.04. The van der Waals surface area contributed by atoms with Gasteiger partial charge in [-0.3, -0.25) is 0 Å². The van der Waals surface area contributed by atoms with Crippen molar-refractivity contribution in [1.29, 1.82) is 0 Å². The number of hydrogen-bond donors (Lipinski definition) is 1. The van der Waals surface area contributed by atoms with Gasteiger partial charge in [-0.2, -0.15) is 0 Å². The van der Waals surface area contributed by atoms with Crippen molar-refractivity contribution >= 4 is 27.8 Å². The Hall–Kier alpha value is -1.72. The van der Waals surface area contributed by atoms with Crippen LogP contribution in [0.2, 0.25) is 0 Å². The van der Waals surface area contributed by atoms with Crippen molar-refractivity contribution in [2.24, 2.45) is 0 Å². The molecule has 3 aromatic rings. The lowest BCUT2D eigenvalue weighted by molar-refractivity contribution is 1.03. The molecule has 5 heteroatoms. The highest BCUT2D eigenvalue weighted by atomic mass is 32.1. The van der Waals surface area contributed by atoms with Gasteiger partial charge in [-0.1, -0.05) is 30.3 Å². The van der Waals surface area contributed by atoms with Crippen LogP contribution in [0.4, 0.5) is 5.13 Å². The Bertz CT molecular complexity index is 701. The summed E-state index contributed by atoms with van der Waals surface area (Å²) in [5.41, 5.74) is 3.28. The minimum Gasteiger partial charge on any atom is -0.356 e. The summed E-state index contributed by atoms with van der Waals surface area (Å²) in [5, 5.41) is 7.49. The third-order valence-electron chi connectivity index (χ3n) is 2.98. The zero-order valence-electron chi connectivity index (χ0n) is 11.4. The lowest BCUT2D eigenvalue weighted by Crippen LogP contribution is -2.00. The second-order valence-corrected chi connectivity index (χ2v) is 6.76. The highest BCUT2D eigenvalue weighted by molar-refractivity contribution is 7.14. The van der Waals surface area contributed by atoms with Crippen molar-refractivity contribution < 1.29 is 0 Å². The van der Waals surface area contributed by atoms with Crippen LogP contribution in [-0.2, 0) is 6.54 Å². The van der Waals surface area contributed by atoms with Crippen molar-refractivity contribution in [3.05, 3.63) is 51.3 Å². The molecule has 0 saturated heterocycles. The van der Waals surface area contributed by atoms with Gasteiger partial charge in [0, 0.05) is 15.8 Å². The zero-order chi connectivity index (χ0) is 13.9. The first-order chi connectivity index (χ1) is 9.72. The minimum atomic E-state index is 0.734. The smallest absolute Gasteiger partial charge is 0.183 e. The lowest BCUT2D eigenvalue weighted by Gasteiger charge is -2.00. The van der Waals surface area contributed by atoms with Crippen LogP contribution in [0.3, 0.4) is 0 Å². The summed E-state index contributed by atoms with van der Waals surface area (Å²) in [6.07, 6.45) is 0. The van der Waals surface area contributed by atoms with E-state index in [1.165, 1.54) is 4.88 Å². The molecule has 0 saturated carbocycles. The second kappa shape index (κ2) is 5.73. The molecule has 0 unspecified atom stereocenters. The summed E-state index contributed by atoms with van der Waals surface area (Å²) in [6.45, 7) is 4.88. The van der Waals surface area contributed by atoms with Gasteiger partial charge in [-0.25, -0.2) is 9.97 Å². The van der Waals surface area contributed by atoms with Gasteiger partial charge in [0.1, 0.15) is 0 Å². The Morgan fingerprint density at radius 2 is 1.90 bits per heavy atom. The Labute approximate surface area is 126 Å². The molecule has 0 radical (unpaired) electrons. The Morgan fingerprint density at radius 1 is 1.10 bits per heavy atom. The van der Waals surface area contributed by atoms with Crippen molar-refractivity contribution in [3.8, 4) is 11.3 Å². The van der Waals surface area contributed by atoms with Crippen molar-refractivity contribution in [1.82, 2.24) is 9.97 Å². The molecule has 0 bridgehead atoms. The van der Waals surface area contributed by atoms with Gasteiger partial charge in [-0.15, -0.1) is 22.7 Å². The largest absolute Gasteiger partial charge is 0.356 e. The number of nitrogens with zero attached hydrogens (tertiary/aromatic N) is 2. The van der Waals surface area contributed by atoms with E-state index in [1.807, 2.05) is 25.1 Å². The Kier molecular flexibility index (Phi) is 3.80. The van der Waals surface area contributed by atoms with Gasteiger partial charge >= 0.3 is 0 Å². The second-order valence-electron chi connectivity index (χ2n) is 4.49. The standard InChI is InChI=1S/C15H15N3S2/c1-10-13(17-11(2)20-10)8-16-15-18-14(9-19-15)12-6-4-3-5-7-12/h3-7,9H,8H2,1-2H3,(H,16,18). The highest BCUT2D eigenvalue weighted by Gasteiger charge is 2.07. The average molecular weight is 301 g/mol. The van der Waals surface area contributed by atoms with Gasteiger partial charge in [0.05, 0.1) is 22.9 Å². The predicted molar refractivity (Wildman–Crippen MR) is 86.5 cm³/mol. The molecule has 0 fully saturated rings. The maximum Gasteiger partial charge on any atom is 0.183 e. The van der Waals surface area contributed by atoms with Gasteiger partial charge in [0.25, 0.3) is 0 Å². The number of anilines is 1. The number of thiazole rings is 2. The third kappa shape index (κ3) is 2.89. The summed E-state index contributed by atoms with van der Waals surface area (Å²) >= 11 is 3.37. The lowest BCUT2D eigenvalue weighted by atomic mass is 10.2. The number of aromatic nitrogens is 2. The summed E-state index contributed by atoms with van der Waals surface area (Å²) in [4.78, 5) is 10.4. The number of benzene rings is 1. The van der Waals surface area contributed by atoms with Crippen molar-refractivity contribution in [3.63, 3.8) is 0 Å². The summed E-state index contributed by atoms with van der Waals surface area (Å²) in [6, 6.07) is 10.2. The summed E-state index contributed by atoms with van der Waals surface area (Å²) in [5.74, 6) is 0. The number of hydrogen-bond acceptors (Lipinski definition) is 5. The maximum absolute atomic E-state index is 4.62. The molecule has 0 spiro atoms. The van der Waals surface area contributed by atoms with E-state index in [4.69, 9.17) is 0 Å². The van der Waals surface area contributed by atoms with E-state index in [0.29, 0.717) is 0 Å². The monoisotopic (exact) mass is 301 g/mol. The van der Waals surface area contributed by atoms with Crippen LogP contribution in [0.1, 0.15) is 15.6 Å². The molecule has 3 rings (SSSR count). The minimum absolute atomic E-state index is 0.734. The maximum atomic E-state index is 4.62. The van der Waals surface area contributed by atoms with E-state index in [9.17, 15) is 0 Å². The topological polar surface area (TPSA) is 37.8 Å². The Balaban J connectivity index is 1.70. The van der Waals surface area contributed by atoms with Crippen LogP contribution in [0.5, 0.6) is 0 Å². The number of nitrogens with one attached hydrogen (secondary N) is 1. The van der Waals surface area contributed by atoms with Crippen LogP contribution in [0.25, 0.3) is 11.3 Å². The number of rotatable bonds is 4. The molecule has 102 valence electrons. The van der Waals surface area contributed by atoms with E-state index in [1.54, 1.807) is 22.7 Å². The zero-order valence-corrected chi connectivity index (χ0v) is 13.0. The fraction of sp³-hybridized carbons (Fsp3) is 0.200. The van der Waals surface area contributed by atoms with Crippen LogP contribution >= 0.6 is 22.7 Å². The highest BCUT2D eigenvalue weighted by Crippen LogP contribution is 2.25. The van der Waals surface area contributed by atoms with Crippen LogP contribution in [-0.4, -0.2) is 9.97 Å². The molecule has 0 aliphatic carbocycles. The van der Waals surface area contributed by atoms with Crippen LogP contribution in [0.15, 0.2) is 35.7 Å². The molecular weight excluding hydrogens is 286 g/mol. The predicted octanol–water partition coefficient (Wildman–Crippen LogP) is 4.50. The quantitative estimate of drug-likeness (QED) is 0.771. The van der Waals surface area contributed by atoms with Gasteiger partial charge in [0.2, 0.25) is 0 Å². The molecule has 20 heavy (non-hydrogen) atoms. The Morgan fingerprint density at radius 3 is 2.60 bits per heavy atom. The van der Waals surface area contributed by atoms with Crippen molar-refractivity contribution in [2.45, 2.75) is 20.4 Å². The molecule has 0 aliphatic rings. The fourth-order valence-corrected chi connectivity index (χ4v) is 3.55. The third-order valence-corrected chi connectivity index (χ3v) is 4.71. The first-order valence-corrected chi connectivity index (χ1v) is 8.10. The molecule has 1 N–H and O–H groups in total. The molecule has 0 amide bonds. The first-order valence-electron chi connectivity index (χ1n) is 6.40. The van der Waals surface area contributed by atoms with Gasteiger partial charge in [-0.05, 0) is 13.8 Å². The normalized spacial score (nSPS) is 10.7. The summed E-state index contributed by atoms with van der Waals surface area (Å²) < 4.78 is 0. The number of aryl methyl sites for hydroxylation is 2. The van der Waals surface area contributed by atoms with E-state index in [-0.39, 0.29) is 0 Å². The molecule has 2 aromatic heterocycles. The fourth-order valence-electron chi connectivity index (χ4n) is 1.99.